The summed E-state index contributed by atoms with van der Waals surface area (Å²) in [5.41, 5.74) is 24.0. The molecule has 0 spiro atoms. The molecule has 9 heteroatoms. The van der Waals surface area contributed by atoms with E-state index in [1.54, 1.807) is 5.56 Å². The van der Waals surface area contributed by atoms with E-state index in [0.29, 0.717) is 44.6 Å². The molecule has 7 aliphatic heterocycles. The highest BCUT2D eigenvalue weighted by Gasteiger charge is 2.25. The normalized spacial score (nSPS) is 19.8. The van der Waals surface area contributed by atoms with Crippen molar-refractivity contribution in [3.8, 4) is 5.75 Å². The zero-order chi connectivity index (χ0) is 88.7. The second-order valence-corrected chi connectivity index (χ2v) is 45.3. The molecule has 7 aromatic carbocycles. The van der Waals surface area contributed by atoms with Crippen LogP contribution in [0.4, 0.5) is 5.69 Å². The maximum atomic E-state index is 5.90. The second-order valence-electron chi connectivity index (χ2n) is 45.3. The summed E-state index contributed by atoms with van der Waals surface area (Å²) in [7, 11) is 8.83. The lowest BCUT2D eigenvalue weighted by Gasteiger charge is -2.30. The minimum Gasteiger partial charge on any atom is -0.489 e. The Morgan fingerprint density at radius 1 is 0.352 bits per heavy atom. The predicted molar refractivity (Wildman–Crippen MR) is 533 cm³/mol. The summed E-state index contributed by atoms with van der Waals surface area (Å²) in [6, 6.07) is 64.4. The molecule has 0 amide bonds. The zero-order valence-electron chi connectivity index (χ0n) is 81.9. The van der Waals surface area contributed by atoms with Crippen molar-refractivity contribution >= 4 is 16.8 Å². The quantitative estimate of drug-likeness (QED) is 0.0714. The van der Waals surface area contributed by atoms with Crippen molar-refractivity contribution < 1.29 is 4.74 Å². The third-order valence-electron chi connectivity index (χ3n) is 24.1. The molecule has 122 heavy (non-hydrogen) atoms. The Morgan fingerprint density at radius 2 is 0.762 bits per heavy atom. The number of hydrogen-bond donors (Lipinski definition) is 4. The lowest BCUT2D eigenvalue weighted by Crippen LogP contribution is -2.30. The fourth-order valence-corrected chi connectivity index (χ4v) is 18.0. The van der Waals surface area contributed by atoms with Gasteiger partial charge in [-0.1, -0.05) is 296 Å². The number of benzene rings is 7. The molecule has 7 aliphatic rings. The summed E-state index contributed by atoms with van der Waals surface area (Å²) in [6.45, 7) is 61.9. The molecule has 7 heterocycles. The second kappa shape index (κ2) is 48.9. The first-order valence-corrected chi connectivity index (χ1v) is 47.9. The number of nitrogens with one attached hydrogen (secondary N) is 4. The summed E-state index contributed by atoms with van der Waals surface area (Å²) in [5, 5.41) is 13.8. The molecule has 4 unspecified atom stereocenters. The van der Waals surface area contributed by atoms with Crippen LogP contribution in [0.25, 0.3) is 11.1 Å². The molecule has 4 N–H and O–H groups in total. The molecule has 9 nitrogen and oxygen atoms in total. The van der Waals surface area contributed by atoms with E-state index in [-0.39, 0.29) is 0 Å². The van der Waals surface area contributed by atoms with Gasteiger partial charge in [0.25, 0.3) is 0 Å². The van der Waals surface area contributed by atoms with Gasteiger partial charge in [0.15, 0.2) is 0 Å². The molecular weight excluding hydrogens is 1490 g/mol. The Balaban J connectivity index is 0.000000177. The highest BCUT2D eigenvalue weighted by Crippen LogP contribution is 2.34. The van der Waals surface area contributed by atoms with Gasteiger partial charge in [-0.3, -0.25) is 0 Å². The number of hydrogen-bond acceptors (Lipinski definition) is 9. The maximum Gasteiger partial charge on any atom is 0.119 e. The van der Waals surface area contributed by atoms with Crippen molar-refractivity contribution in [1.82, 2.24) is 35.6 Å². The van der Waals surface area contributed by atoms with E-state index in [0.717, 1.165) is 120 Å². The number of rotatable bonds is 17. The highest BCUT2D eigenvalue weighted by atomic mass is 16.5. The molecule has 0 aliphatic carbocycles. The van der Waals surface area contributed by atoms with Crippen molar-refractivity contribution in [2.75, 3.05) is 125 Å². The number of piperidine rings is 3. The van der Waals surface area contributed by atoms with Crippen LogP contribution in [0, 0.1) is 38.4 Å². The van der Waals surface area contributed by atoms with Gasteiger partial charge >= 0.3 is 0 Å². The summed E-state index contributed by atoms with van der Waals surface area (Å²) in [5.74, 6) is 3.99. The predicted octanol–water partition coefficient (Wildman–Crippen LogP) is 25.6. The van der Waals surface area contributed by atoms with Gasteiger partial charge < -0.3 is 45.6 Å². The van der Waals surface area contributed by atoms with E-state index in [1.165, 1.54) is 188 Å². The Hall–Kier alpha value is -6.66. The molecule has 0 saturated carbocycles. The van der Waals surface area contributed by atoms with Gasteiger partial charge in [-0.15, -0.1) is 0 Å². The van der Waals surface area contributed by atoms with Crippen LogP contribution in [0.2, 0.25) is 0 Å². The first kappa shape index (κ1) is 101. The Bertz CT molecular complexity index is 4090. The third kappa shape index (κ3) is 40.8. The van der Waals surface area contributed by atoms with Crippen molar-refractivity contribution in [2.45, 2.75) is 278 Å². The number of ether oxygens (including phenoxy) is 1. The van der Waals surface area contributed by atoms with Crippen molar-refractivity contribution in [3.05, 3.63) is 249 Å². The van der Waals surface area contributed by atoms with Gasteiger partial charge in [-0.05, 0) is 341 Å². The van der Waals surface area contributed by atoms with Crippen LogP contribution >= 0.6 is 0 Å². The monoisotopic (exact) mass is 1660 g/mol. The smallest absolute Gasteiger partial charge is 0.119 e. The zero-order valence-corrected chi connectivity index (χ0v) is 81.9. The number of nitrogens with zero attached hydrogens (tertiary/aromatic N) is 4. The van der Waals surface area contributed by atoms with Gasteiger partial charge in [-0.25, -0.2) is 0 Å². The average Bonchev–Trinajstić information content (AvgIpc) is 1.75. The largest absolute Gasteiger partial charge is 0.489 e. The molecule has 14 rings (SSSR count). The van der Waals surface area contributed by atoms with Crippen LogP contribution in [0.1, 0.15) is 287 Å². The number of likely N-dealkylation sites (tertiary alicyclic amines) is 3. The van der Waals surface area contributed by atoms with Crippen LogP contribution < -0.4 is 26.0 Å². The van der Waals surface area contributed by atoms with E-state index in [9.17, 15) is 0 Å². The van der Waals surface area contributed by atoms with Crippen molar-refractivity contribution in [1.29, 1.82) is 0 Å². The van der Waals surface area contributed by atoms with Gasteiger partial charge in [-0.2, -0.15) is 0 Å². The lowest BCUT2D eigenvalue weighted by molar-refractivity contribution is 0.223. The summed E-state index contributed by atoms with van der Waals surface area (Å²) in [4.78, 5) is 9.63. The Labute approximate surface area is 748 Å². The first-order valence-electron chi connectivity index (χ1n) is 47.9. The minimum absolute atomic E-state index is 0.345. The Kier molecular flexibility index (Phi) is 40.4. The first-order chi connectivity index (χ1) is 57.6. The minimum atomic E-state index is 0.345. The average molecular weight is 1660 g/mol. The van der Waals surface area contributed by atoms with E-state index in [2.05, 4.69) is 390 Å². The molecule has 0 bridgehead atoms. The molecule has 7 aromatic rings. The fraction of sp³-hybridized carbons (Fsp3) is 0.593. The van der Waals surface area contributed by atoms with E-state index in [1.807, 2.05) is 0 Å². The number of anilines is 1. The summed E-state index contributed by atoms with van der Waals surface area (Å²) >= 11 is 0. The molecule has 0 aromatic heterocycles. The van der Waals surface area contributed by atoms with Crippen LogP contribution in [-0.4, -0.2) is 152 Å². The van der Waals surface area contributed by atoms with Crippen molar-refractivity contribution in [3.63, 3.8) is 0 Å². The topological polar surface area (TPSA) is 70.3 Å². The van der Waals surface area contributed by atoms with Crippen LogP contribution in [0.5, 0.6) is 5.75 Å². The lowest BCUT2D eigenvalue weighted by atomic mass is 9.85. The fourth-order valence-electron chi connectivity index (χ4n) is 18.0. The molecule has 5 saturated heterocycles. The maximum absolute atomic E-state index is 5.90. The molecule has 0 radical (unpaired) electrons. The van der Waals surface area contributed by atoms with Crippen LogP contribution in [-0.2, 0) is 44.9 Å². The summed E-state index contributed by atoms with van der Waals surface area (Å²) in [6.07, 6.45) is 25.8. The standard InChI is InChI=1S/C17H27N.C17H25N.C17H27N.C16H26N2.C16H25N.C15H23NO.C15H21N/c2*1-17(2,3)13-14-5-7-15(8-6-14)16-9-11-18(4)12-10-16;1-17(2,3)12-14-7-9-15(10-8-14)16-6-5-11-18(4)13-16;1-16(2,3)11-13-5-7-14(8-6-13)17-15-9-10-18(4)12-15;1-16(2,3)11-13-6-8-14(9-7-13)15-5-4-10-17-12-15;1-15(2,3)10-12-4-6-13(7-5-12)17-14-8-9-16-11-14;1-12(2)11-13-3-5-14(6-4-13)15-7-9-16-10-8-15/h5-8,16H,9-13H2,1-4H3;5-9H,10-13H2,1-4H3;7-10,16H,5-6,11-13H2,1-4H3;5-8,15,17H,9-12H2,1-4H3;6-9,15,17H,4-5,10-12H2,1-3H3;4-7,14,16H,8-11H2,1-3H3;3-7,12,16H,8-11H2,1-2H3. The van der Waals surface area contributed by atoms with Gasteiger partial charge in [0.2, 0.25) is 0 Å². The number of likely N-dealkylation sites (N-methyl/N-ethyl adjacent to an activating group) is 3. The molecule has 672 valence electrons. The molecular formula is C113H174N8O. The molecule has 4 atom stereocenters. The SMILES string of the molecule is CC(C)(C)Cc1ccc(C2CCCNC2)cc1.CC(C)(C)Cc1ccc(OC2CCNC2)cc1.CC(C)Cc1ccc(C2=CCNCC2)cc1.CN1CC=C(c2ccc(CC(C)(C)C)cc2)CC1.CN1CCC(Nc2ccc(CC(C)(C)C)cc2)C1.CN1CCC(c2ccc(CC(C)(C)C)cc2)CC1.CN1CCCC(c2ccc(CC(C)(C)C)cc2)C1. The highest BCUT2D eigenvalue weighted by molar-refractivity contribution is 5.67. The van der Waals surface area contributed by atoms with Crippen molar-refractivity contribution in [2.24, 2.45) is 38.4 Å². The summed E-state index contributed by atoms with van der Waals surface area (Å²) < 4.78 is 5.90. The van der Waals surface area contributed by atoms with Crippen LogP contribution in [0.3, 0.4) is 0 Å². The van der Waals surface area contributed by atoms with Gasteiger partial charge in [0, 0.05) is 57.5 Å². The third-order valence-corrected chi connectivity index (χ3v) is 24.1. The van der Waals surface area contributed by atoms with E-state index >= 15 is 0 Å². The van der Waals surface area contributed by atoms with Gasteiger partial charge in [0.05, 0.1) is 0 Å². The van der Waals surface area contributed by atoms with E-state index in [4.69, 9.17) is 4.74 Å². The van der Waals surface area contributed by atoms with Gasteiger partial charge in [0.1, 0.15) is 11.9 Å². The Morgan fingerprint density at radius 3 is 1.16 bits per heavy atom. The van der Waals surface area contributed by atoms with Crippen LogP contribution in [0.15, 0.2) is 182 Å². The molecule has 5 fully saturated rings. The van der Waals surface area contributed by atoms with E-state index < -0.39 is 0 Å².